The van der Waals surface area contributed by atoms with Gasteiger partial charge in [0.15, 0.2) is 0 Å². The minimum Gasteiger partial charge on any atom is -0.481 e. The van der Waals surface area contributed by atoms with Gasteiger partial charge in [-0.3, -0.25) is 0 Å². The highest BCUT2D eigenvalue weighted by atomic mass is 32.2. The van der Waals surface area contributed by atoms with Crippen LogP contribution in [0.1, 0.15) is 6.92 Å². The molecule has 1 fully saturated rings. The Morgan fingerprint density at radius 2 is 2.28 bits per heavy atom. The molecule has 1 aliphatic heterocycles. The van der Waals surface area contributed by atoms with Gasteiger partial charge in [0, 0.05) is 31.7 Å². The molecule has 0 saturated carbocycles. The number of nitrogens with zero attached hydrogens (tertiary/aromatic N) is 2. The molecule has 2 rings (SSSR count). The first-order chi connectivity index (χ1) is 8.54. The van der Waals surface area contributed by atoms with Crippen LogP contribution in [0.3, 0.4) is 0 Å². The second-order valence-electron chi connectivity index (χ2n) is 4.25. The summed E-state index contributed by atoms with van der Waals surface area (Å²) >= 11 is 0. The lowest BCUT2D eigenvalue weighted by atomic mass is 10.3. The Balaban J connectivity index is 2.23. The molecule has 0 radical (unpaired) electrons. The number of rotatable bonds is 3. The van der Waals surface area contributed by atoms with Crippen LogP contribution in [0.4, 0.5) is 0 Å². The van der Waals surface area contributed by atoms with Crippen LogP contribution in [0, 0.1) is 0 Å². The molecule has 7 heteroatoms. The topological polar surface area (TPSA) is 71.5 Å². The molecular weight excluding hydrogens is 254 g/mol. The molecule has 0 aliphatic carbocycles. The van der Waals surface area contributed by atoms with E-state index in [0.717, 1.165) is 0 Å². The summed E-state index contributed by atoms with van der Waals surface area (Å²) in [4.78, 5) is 4.14. The number of methoxy groups -OCH3 is 1. The first kappa shape index (κ1) is 13.3. The van der Waals surface area contributed by atoms with E-state index < -0.39 is 10.0 Å². The van der Waals surface area contributed by atoms with Crippen molar-refractivity contribution in [2.24, 2.45) is 0 Å². The van der Waals surface area contributed by atoms with Crippen molar-refractivity contribution in [3.8, 4) is 5.88 Å². The molecule has 0 spiro atoms. The highest BCUT2D eigenvalue weighted by molar-refractivity contribution is 7.89. The predicted octanol–water partition coefficient (Wildman–Crippen LogP) is 0.0726. The van der Waals surface area contributed by atoms with Gasteiger partial charge in [-0.05, 0) is 13.0 Å². The summed E-state index contributed by atoms with van der Waals surface area (Å²) < 4.78 is 31.1. The molecule has 2 heterocycles. The zero-order valence-electron chi connectivity index (χ0n) is 10.5. The first-order valence-corrected chi connectivity index (χ1v) is 7.21. The molecule has 6 nitrogen and oxygen atoms in total. The van der Waals surface area contributed by atoms with Gasteiger partial charge >= 0.3 is 0 Å². The molecule has 0 unspecified atom stereocenters. The van der Waals surface area contributed by atoms with Gasteiger partial charge in [-0.15, -0.1) is 0 Å². The van der Waals surface area contributed by atoms with Crippen LogP contribution >= 0.6 is 0 Å². The molecule has 0 bridgehead atoms. The third-order valence-corrected chi connectivity index (χ3v) is 4.74. The van der Waals surface area contributed by atoms with Crippen LogP contribution < -0.4 is 10.1 Å². The van der Waals surface area contributed by atoms with Crippen molar-refractivity contribution >= 4 is 10.0 Å². The van der Waals surface area contributed by atoms with E-state index in [-0.39, 0.29) is 10.9 Å². The third kappa shape index (κ3) is 2.63. The van der Waals surface area contributed by atoms with Gasteiger partial charge in [0.2, 0.25) is 15.9 Å². The molecule has 1 saturated heterocycles. The normalized spacial score (nSPS) is 21.8. The number of hydrogen-bond donors (Lipinski definition) is 1. The Kier molecular flexibility index (Phi) is 3.84. The van der Waals surface area contributed by atoms with Gasteiger partial charge in [-0.2, -0.15) is 4.31 Å². The Morgan fingerprint density at radius 3 is 2.83 bits per heavy atom. The predicted molar refractivity (Wildman–Crippen MR) is 67.0 cm³/mol. The minimum absolute atomic E-state index is 0.166. The summed E-state index contributed by atoms with van der Waals surface area (Å²) in [5.74, 6) is 0.405. The van der Waals surface area contributed by atoms with Crippen LogP contribution in [-0.4, -0.2) is 50.5 Å². The molecule has 1 atom stereocenters. The molecule has 100 valence electrons. The van der Waals surface area contributed by atoms with Gasteiger partial charge in [-0.25, -0.2) is 13.4 Å². The smallest absolute Gasteiger partial charge is 0.244 e. The van der Waals surface area contributed by atoms with Gasteiger partial charge in [0.1, 0.15) is 4.90 Å². The average molecular weight is 271 g/mol. The van der Waals surface area contributed by atoms with Crippen LogP contribution in [0.15, 0.2) is 23.2 Å². The monoisotopic (exact) mass is 271 g/mol. The van der Waals surface area contributed by atoms with E-state index in [0.29, 0.717) is 25.5 Å². The van der Waals surface area contributed by atoms with Crippen LogP contribution in [0.5, 0.6) is 5.88 Å². The Morgan fingerprint density at radius 1 is 1.50 bits per heavy atom. The second kappa shape index (κ2) is 5.21. The fourth-order valence-corrected chi connectivity index (χ4v) is 3.38. The highest BCUT2D eigenvalue weighted by Gasteiger charge is 2.28. The Bertz CT molecular complexity index is 501. The van der Waals surface area contributed by atoms with Crippen LogP contribution in [0.2, 0.25) is 0 Å². The van der Waals surface area contributed by atoms with Crippen molar-refractivity contribution in [3.63, 3.8) is 0 Å². The molecular formula is C11H17N3O3S. The zero-order valence-corrected chi connectivity index (χ0v) is 11.3. The van der Waals surface area contributed by atoms with Gasteiger partial charge in [-0.1, -0.05) is 0 Å². The summed E-state index contributed by atoms with van der Waals surface area (Å²) in [5.41, 5.74) is 0. The summed E-state index contributed by atoms with van der Waals surface area (Å²) in [6.07, 6.45) is 1.33. The second-order valence-corrected chi connectivity index (χ2v) is 6.19. The summed E-state index contributed by atoms with van der Waals surface area (Å²) in [7, 11) is -1.95. The van der Waals surface area contributed by atoms with Crippen molar-refractivity contribution in [2.75, 3.05) is 26.7 Å². The van der Waals surface area contributed by atoms with E-state index in [1.807, 2.05) is 6.92 Å². The molecule has 1 aromatic rings. The summed E-state index contributed by atoms with van der Waals surface area (Å²) in [5, 5.41) is 3.21. The lowest BCUT2D eigenvalue weighted by Gasteiger charge is -2.30. The summed E-state index contributed by atoms with van der Waals surface area (Å²) in [6, 6.07) is 3.24. The lowest BCUT2D eigenvalue weighted by molar-refractivity contribution is 0.310. The van der Waals surface area contributed by atoms with E-state index in [9.17, 15) is 8.42 Å². The molecule has 0 amide bonds. The van der Waals surface area contributed by atoms with Gasteiger partial charge in [0.25, 0.3) is 0 Å². The highest BCUT2D eigenvalue weighted by Crippen LogP contribution is 2.18. The number of nitrogens with one attached hydrogen (secondary N) is 1. The summed E-state index contributed by atoms with van der Waals surface area (Å²) in [6.45, 7) is 3.60. The van der Waals surface area contributed by atoms with Gasteiger partial charge < -0.3 is 10.1 Å². The lowest BCUT2D eigenvalue weighted by Crippen LogP contribution is -2.51. The van der Waals surface area contributed by atoms with E-state index >= 15 is 0 Å². The van der Waals surface area contributed by atoms with Crippen molar-refractivity contribution < 1.29 is 13.2 Å². The zero-order chi connectivity index (χ0) is 13.2. The average Bonchev–Trinajstić information content (AvgIpc) is 2.39. The maximum Gasteiger partial charge on any atom is 0.244 e. The van der Waals surface area contributed by atoms with E-state index in [4.69, 9.17) is 4.74 Å². The van der Waals surface area contributed by atoms with Gasteiger partial charge in [0.05, 0.1) is 13.3 Å². The fraction of sp³-hybridized carbons (Fsp3) is 0.545. The van der Waals surface area contributed by atoms with E-state index in [2.05, 4.69) is 10.3 Å². The number of hydrogen-bond acceptors (Lipinski definition) is 5. The van der Waals surface area contributed by atoms with Crippen molar-refractivity contribution in [1.82, 2.24) is 14.6 Å². The molecule has 1 N–H and O–H groups in total. The SMILES string of the molecule is COc1ccc(S(=O)(=O)N2CCN[C@@H](C)C2)cn1. The van der Waals surface area contributed by atoms with Crippen LogP contribution in [0.25, 0.3) is 0 Å². The maximum atomic E-state index is 12.3. The number of piperazine rings is 1. The van der Waals surface area contributed by atoms with Crippen LogP contribution in [-0.2, 0) is 10.0 Å². The van der Waals surface area contributed by atoms with Crippen molar-refractivity contribution in [2.45, 2.75) is 17.9 Å². The minimum atomic E-state index is -3.44. The maximum absolute atomic E-state index is 12.3. The van der Waals surface area contributed by atoms with E-state index in [1.165, 1.54) is 23.7 Å². The number of aromatic nitrogens is 1. The van der Waals surface area contributed by atoms with Crippen molar-refractivity contribution in [1.29, 1.82) is 0 Å². The Hall–Kier alpha value is -1.18. The number of ether oxygens (including phenoxy) is 1. The van der Waals surface area contributed by atoms with Crippen molar-refractivity contribution in [3.05, 3.63) is 18.3 Å². The molecule has 18 heavy (non-hydrogen) atoms. The standard InChI is InChI=1S/C11H17N3O3S/c1-9-8-14(6-5-12-9)18(15,16)10-3-4-11(17-2)13-7-10/h3-4,7,9,12H,5-6,8H2,1-2H3/t9-/m0/s1. The molecule has 1 aromatic heterocycles. The van der Waals surface area contributed by atoms with E-state index in [1.54, 1.807) is 6.07 Å². The largest absolute Gasteiger partial charge is 0.481 e. The fourth-order valence-electron chi connectivity index (χ4n) is 1.90. The molecule has 1 aliphatic rings. The number of sulfonamides is 1. The number of pyridine rings is 1. The first-order valence-electron chi connectivity index (χ1n) is 5.77. The third-order valence-electron chi connectivity index (χ3n) is 2.89. The Labute approximate surface area is 107 Å². The quantitative estimate of drug-likeness (QED) is 0.842. The molecule has 0 aromatic carbocycles.